The number of carbonyl (C=O) groups is 1. The van der Waals surface area contributed by atoms with Gasteiger partial charge >= 0.3 is 5.69 Å². The molecule has 1 N–H and O–H groups in total. The molecule has 12 heteroatoms. The molecule has 0 spiro atoms. The first kappa shape index (κ1) is 21.1. The number of anilines is 1. The Kier molecular flexibility index (Phi) is 6.13. The van der Waals surface area contributed by atoms with Crippen LogP contribution in [0.4, 0.5) is 5.13 Å². The first-order valence-electron chi connectivity index (χ1n) is 8.95. The maximum atomic E-state index is 12.7. The molecule has 0 aromatic carbocycles. The number of hydrogen-bond donors (Lipinski definition) is 1. The summed E-state index contributed by atoms with van der Waals surface area (Å²) in [5.41, 5.74) is -0.693. The summed E-state index contributed by atoms with van der Waals surface area (Å²) < 4.78 is 2.33. The van der Waals surface area contributed by atoms with Crippen molar-refractivity contribution in [3.8, 4) is 0 Å². The van der Waals surface area contributed by atoms with Gasteiger partial charge in [-0.05, 0) is 6.42 Å². The fourth-order valence-corrected chi connectivity index (χ4v) is 4.06. The maximum absolute atomic E-state index is 12.7. The van der Waals surface area contributed by atoms with Crippen molar-refractivity contribution in [2.24, 2.45) is 14.1 Å². The summed E-state index contributed by atoms with van der Waals surface area (Å²) in [5.74, 6) is 0.228. The maximum Gasteiger partial charge on any atom is 0.332 e. The number of thioether (sulfide) groups is 1. The molecular weight excluding hydrogens is 414 g/mol. The molecule has 1 amide bonds. The van der Waals surface area contributed by atoms with Crippen molar-refractivity contribution in [3.63, 3.8) is 0 Å². The predicted octanol–water partition coefficient (Wildman–Crippen LogP) is 1.30. The summed E-state index contributed by atoms with van der Waals surface area (Å²) in [6.45, 7) is 5.80. The predicted molar refractivity (Wildman–Crippen MR) is 113 cm³/mol. The highest BCUT2D eigenvalue weighted by atomic mass is 32.2. The largest absolute Gasteiger partial charge is 0.332 e. The Labute approximate surface area is 174 Å². The fraction of sp³-hybridized carbons (Fsp3) is 0.471. The van der Waals surface area contributed by atoms with E-state index in [4.69, 9.17) is 0 Å². The molecule has 0 aliphatic rings. The van der Waals surface area contributed by atoms with E-state index in [0.29, 0.717) is 16.0 Å². The highest BCUT2D eigenvalue weighted by Crippen LogP contribution is 2.25. The number of aromatic nitrogens is 6. The zero-order chi connectivity index (χ0) is 21.3. The van der Waals surface area contributed by atoms with Gasteiger partial charge in [-0.3, -0.25) is 24.0 Å². The third-order valence-electron chi connectivity index (χ3n) is 4.16. The van der Waals surface area contributed by atoms with Crippen molar-refractivity contribution in [1.29, 1.82) is 0 Å². The molecule has 0 fully saturated rings. The van der Waals surface area contributed by atoms with E-state index >= 15 is 0 Å². The van der Waals surface area contributed by atoms with Crippen LogP contribution in [-0.4, -0.2) is 41.0 Å². The first-order chi connectivity index (χ1) is 13.7. The monoisotopic (exact) mass is 435 g/mol. The molecule has 0 bridgehead atoms. The Morgan fingerprint density at radius 3 is 2.52 bits per heavy atom. The Hall–Kier alpha value is -2.60. The van der Waals surface area contributed by atoms with Crippen molar-refractivity contribution in [3.05, 3.63) is 31.7 Å². The Morgan fingerprint density at radius 2 is 1.90 bits per heavy atom. The molecule has 3 aromatic heterocycles. The van der Waals surface area contributed by atoms with Crippen LogP contribution >= 0.6 is 23.1 Å². The number of carbonyl (C=O) groups excluding carboxylic acids is 1. The summed E-state index contributed by atoms with van der Waals surface area (Å²) in [7, 11) is 2.96. The quantitative estimate of drug-likeness (QED) is 0.454. The molecule has 0 saturated carbocycles. The summed E-state index contributed by atoms with van der Waals surface area (Å²) >= 11 is 2.44. The van der Waals surface area contributed by atoms with Crippen molar-refractivity contribution in [2.75, 3.05) is 11.1 Å². The summed E-state index contributed by atoms with van der Waals surface area (Å²) in [5, 5.41) is 12.5. The molecule has 0 atom stereocenters. The van der Waals surface area contributed by atoms with Gasteiger partial charge in [-0.25, -0.2) is 14.8 Å². The molecule has 154 valence electrons. The van der Waals surface area contributed by atoms with Crippen LogP contribution in [0.3, 0.4) is 0 Å². The fourth-order valence-electron chi connectivity index (χ4n) is 2.54. The average Bonchev–Trinajstić information content (AvgIpc) is 3.15. The molecule has 0 unspecified atom stereocenters. The average molecular weight is 436 g/mol. The lowest BCUT2D eigenvalue weighted by atomic mass is 10.2. The van der Waals surface area contributed by atoms with E-state index in [0.717, 1.165) is 27.8 Å². The van der Waals surface area contributed by atoms with Crippen LogP contribution in [0.15, 0.2) is 14.6 Å². The van der Waals surface area contributed by atoms with E-state index < -0.39 is 11.2 Å². The summed E-state index contributed by atoms with van der Waals surface area (Å²) in [6, 6.07) is 0. The van der Waals surface area contributed by atoms with Gasteiger partial charge in [0.2, 0.25) is 11.0 Å². The van der Waals surface area contributed by atoms with Crippen LogP contribution in [0, 0.1) is 0 Å². The lowest BCUT2D eigenvalue weighted by molar-refractivity contribution is -0.113. The molecule has 3 heterocycles. The number of nitrogens with one attached hydrogen (secondary N) is 1. The number of fused-ring (bicyclic) bond motifs is 1. The van der Waals surface area contributed by atoms with Crippen LogP contribution in [-0.2, 0) is 25.3 Å². The standard InChI is InChI=1S/C17H21N7O3S2/c1-6-10-21-22-16(29-10)18-9(25)7-28-14-11-13(19-12(20-14)8(2)3)23(4)17(27)24(5)15(11)26/h8H,6-7H2,1-5H3,(H,18,22,25). The smallest absolute Gasteiger partial charge is 0.300 e. The van der Waals surface area contributed by atoms with Gasteiger partial charge < -0.3 is 0 Å². The van der Waals surface area contributed by atoms with E-state index in [1.165, 1.54) is 23.0 Å². The Balaban J connectivity index is 1.96. The molecule has 0 saturated heterocycles. The molecule has 3 aromatic rings. The van der Waals surface area contributed by atoms with E-state index in [-0.39, 0.29) is 28.6 Å². The lowest BCUT2D eigenvalue weighted by Gasteiger charge is -2.13. The summed E-state index contributed by atoms with van der Waals surface area (Å²) in [4.78, 5) is 46.2. The molecule has 10 nitrogen and oxygen atoms in total. The zero-order valence-corrected chi connectivity index (χ0v) is 18.3. The van der Waals surface area contributed by atoms with Gasteiger partial charge in [-0.15, -0.1) is 10.2 Å². The number of nitrogens with zero attached hydrogens (tertiary/aromatic N) is 6. The third kappa shape index (κ3) is 4.22. The van der Waals surface area contributed by atoms with Gasteiger partial charge in [0.05, 0.1) is 5.75 Å². The van der Waals surface area contributed by atoms with Crippen LogP contribution in [0.2, 0.25) is 0 Å². The molecule has 0 aliphatic carbocycles. The van der Waals surface area contributed by atoms with Gasteiger partial charge in [0.25, 0.3) is 5.56 Å². The molecule has 3 rings (SSSR count). The van der Waals surface area contributed by atoms with E-state index in [9.17, 15) is 14.4 Å². The molecule has 0 aliphatic heterocycles. The minimum atomic E-state index is -0.488. The highest BCUT2D eigenvalue weighted by Gasteiger charge is 2.19. The highest BCUT2D eigenvalue weighted by molar-refractivity contribution is 8.00. The normalized spacial score (nSPS) is 11.4. The van der Waals surface area contributed by atoms with Crippen LogP contribution in [0.5, 0.6) is 0 Å². The van der Waals surface area contributed by atoms with Crippen molar-refractivity contribution < 1.29 is 4.79 Å². The second-order valence-electron chi connectivity index (χ2n) is 6.64. The molecular formula is C17H21N7O3S2. The van der Waals surface area contributed by atoms with Crippen molar-refractivity contribution in [1.82, 2.24) is 29.3 Å². The molecule has 29 heavy (non-hydrogen) atoms. The van der Waals surface area contributed by atoms with Crippen molar-refractivity contribution in [2.45, 2.75) is 38.1 Å². The minimum absolute atomic E-state index is 0.0133. The van der Waals surface area contributed by atoms with Gasteiger partial charge in [-0.1, -0.05) is 43.9 Å². The number of amides is 1. The van der Waals surface area contributed by atoms with Gasteiger partial charge in [-0.2, -0.15) is 0 Å². The third-order valence-corrected chi connectivity index (χ3v) is 6.11. The van der Waals surface area contributed by atoms with Gasteiger partial charge in [0.15, 0.2) is 5.65 Å². The van der Waals surface area contributed by atoms with E-state index in [2.05, 4.69) is 25.5 Å². The number of hydrogen-bond acceptors (Lipinski definition) is 9. The number of rotatable bonds is 6. The van der Waals surface area contributed by atoms with Crippen LogP contribution < -0.4 is 16.6 Å². The Bertz CT molecular complexity index is 1200. The zero-order valence-electron chi connectivity index (χ0n) is 16.7. The summed E-state index contributed by atoms with van der Waals surface area (Å²) in [6.07, 6.45) is 0.745. The topological polar surface area (TPSA) is 125 Å². The number of aryl methyl sites for hydroxylation is 2. The first-order valence-corrected chi connectivity index (χ1v) is 10.8. The minimum Gasteiger partial charge on any atom is -0.300 e. The SMILES string of the molecule is CCc1nnc(NC(=O)CSc2nc(C(C)C)nc3c2c(=O)n(C)c(=O)n3C)s1. The van der Waals surface area contributed by atoms with E-state index in [1.54, 1.807) is 7.05 Å². The second-order valence-corrected chi connectivity index (χ2v) is 8.66. The van der Waals surface area contributed by atoms with Gasteiger partial charge in [0.1, 0.15) is 21.2 Å². The van der Waals surface area contributed by atoms with Crippen LogP contribution in [0.25, 0.3) is 11.0 Å². The second kappa shape index (κ2) is 8.41. The van der Waals surface area contributed by atoms with E-state index in [1.807, 2.05) is 20.8 Å². The van der Waals surface area contributed by atoms with Gasteiger partial charge in [0, 0.05) is 20.0 Å². The van der Waals surface area contributed by atoms with Crippen molar-refractivity contribution >= 4 is 45.2 Å². The van der Waals surface area contributed by atoms with Crippen LogP contribution in [0.1, 0.15) is 37.5 Å². The Morgan fingerprint density at radius 1 is 1.17 bits per heavy atom. The lowest BCUT2D eigenvalue weighted by Crippen LogP contribution is -2.38. The molecule has 0 radical (unpaired) electrons.